The lowest BCUT2D eigenvalue weighted by Gasteiger charge is -2.22. The smallest absolute Gasteiger partial charge is 0.408 e. The molecule has 3 amide bonds. The van der Waals surface area contributed by atoms with Crippen LogP contribution in [0.2, 0.25) is 0 Å². The van der Waals surface area contributed by atoms with Crippen LogP contribution < -0.4 is 26.0 Å². The maximum absolute atomic E-state index is 13.8. The van der Waals surface area contributed by atoms with Crippen LogP contribution in [0.25, 0.3) is 11.1 Å². The molecule has 14 heteroatoms. The highest BCUT2D eigenvalue weighted by molar-refractivity contribution is 5.88. The van der Waals surface area contributed by atoms with Crippen LogP contribution in [0.3, 0.4) is 0 Å². The molecule has 0 heterocycles. The van der Waals surface area contributed by atoms with Crippen molar-refractivity contribution in [3.05, 3.63) is 197 Å². The van der Waals surface area contributed by atoms with E-state index in [9.17, 15) is 29.1 Å². The van der Waals surface area contributed by atoms with Gasteiger partial charge in [0.25, 0.3) is 0 Å². The van der Waals surface area contributed by atoms with E-state index < -0.39 is 48.2 Å². The molecule has 0 fully saturated rings. The van der Waals surface area contributed by atoms with Gasteiger partial charge >= 0.3 is 24.1 Å². The van der Waals surface area contributed by atoms with Crippen molar-refractivity contribution in [1.29, 1.82) is 0 Å². The van der Waals surface area contributed by atoms with Crippen LogP contribution in [0.1, 0.15) is 46.2 Å². The quantitative estimate of drug-likeness (QED) is 0.0225. The van der Waals surface area contributed by atoms with Gasteiger partial charge in [-0.25, -0.2) is 19.2 Å². The van der Waals surface area contributed by atoms with E-state index in [1.807, 2.05) is 146 Å². The minimum absolute atomic E-state index is 0.00595. The molecule has 6 rings (SSSR count). The van der Waals surface area contributed by atoms with Gasteiger partial charge in [-0.1, -0.05) is 152 Å². The average Bonchev–Trinajstić information content (AvgIpc) is 3.37. The number of esters is 1. The first-order valence-corrected chi connectivity index (χ1v) is 22.3. The molecule has 0 radical (unpaired) electrons. The van der Waals surface area contributed by atoms with Crippen LogP contribution >= 0.6 is 0 Å². The monoisotopic (exact) mass is 920 g/mol. The van der Waals surface area contributed by atoms with Crippen molar-refractivity contribution >= 4 is 30.0 Å². The molecule has 3 atom stereocenters. The number of aliphatic carboxylic acids is 1. The van der Waals surface area contributed by atoms with Gasteiger partial charge in [0.05, 0.1) is 6.04 Å². The Balaban J connectivity index is 1.16. The molecule has 0 unspecified atom stereocenters. The first-order valence-electron chi connectivity index (χ1n) is 22.3. The Hall–Kier alpha value is -7.97. The maximum atomic E-state index is 13.8. The summed E-state index contributed by atoms with van der Waals surface area (Å²) >= 11 is 0. The van der Waals surface area contributed by atoms with Crippen molar-refractivity contribution in [1.82, 2.24) is 21.3 Å². The van der Waals surface area contributed by atoms with Crippen molar-refractivity contribution in [3.63, 3.8) is 0 Å². The number of carbonyl (C=O) groups is 5. The third-order valence-corrected chi connectivity index (χ3v) is 10.9. The summed E-state index contributed by atoms with van der Waals surface area (Å²) in [5, 5.41) is 21.4. The summed E-state index contributed by atoms with van der Waals surface area (Å²) in [5.41, 5.74) is 5.99. The summed E-state index contributed by atoms with van der Waals surface area (Å²) in [7, 11) is 1.65. The standard InChI is InChI=1S/C54H56N4O10/c1-55-46(26-15-29-56-53(63)67-36-40-20-10-4-11-21-40)50(59)57-48(52(62)66-35-39-18-8-3-9-19-39)31-42-24-14-25-43(30-42)44-27-28-49(65-34-38-16-6-2-7-17-38)45(32-44)33-47(51(60)61)58-54(64)68-37-41-22-12-5-13-23-41/h2-14,16-25,27-28,30,32,46-48,55H,15,26,29,31,33-37H2,1H3,(H,56,63)(H,57,59)(H,58,64)(H,60,61)/t46-,47-,48-/m0/s1. The van der Waals surface area contributed by atoms with Crippen LogP contribution in [-0.4, -0.2) is 66.9 Å². The Kier molecular flexibility index (Phi) is 19.1. The van der Waals surface area contributed by atoms with E-state index in [1.54, 1.807) is 25.2 Å². The zero-order valence-electron chi connectivity index (χ0n) is 37.8. The van der Waals surface area contributed by atoms with Crippen molar-refractivity contribution in [2.75, 3.05) is 13.6 Å². The third kappa shape index (κ3) is 16.2. The van der Waals surface area contributed by atoms with Crippen molar-refractivity contribution in [2.45, 2.75) is 70.2 Å². The lowest BCUT2D eigenvalue weighted by molar-refractivity contribution is -0.149. The number of alkyl carbamates (subject to hydrolysis) is 2. The van der Waals surface area contributed by atoms with Gasteiger partial charge in [-0.15, -0.1) is 0 Å². The summed E-state index contributed by atoms with van der Waals surface area (Å²) in [6.45, 7) is 0.596. The summed E-state index contributed by atoms with van der Waals surface area (Å²) in [5.74, 6) is -1.87. The molecule has 5 N–H and O–H groups in total. The molecule has 0 aliphatic rings. The van der Waals surface area contributed by atoms with Crippen LogP contribution in [0.4, 0.5) is 9.59 Å². The SMILES string of the molecule is CN[C@@H](CCCNC(=O)OCc1ccccc1)C(=O)N[C@@H](Cc1cccc(-c2ccc(OCc3ccccc3)c(C[C@H](NC(=O)OCc3ccccc3)C(=O)O)c2)c1)C(=O)OCc1ccccc1. The number of carbonyl (C=O) groups excluding carboxylic acids is 4. The number of rotatable bonds is 24. The van der Waals surface area contributed by atoms with Crippen LogP contribution in [-0.2, 0) is 67.9 Å². The second kappa shape index (κ2) is 26.2. The number of ether oxygens (including phenoxy) is 4. The van der Waals surface area contributed by atoms with Crippen molar-refractivity contribution in [3.8, 4) is 16.9 Å². The minimum Gasteiger partial charge on any atom is -0.489 e. The van der Waals surface area contributed by atoms with Gasteiger partial charge in [-0.3, -0.25) is 4.79 Å². The van der Waals surface area contributed by atoms with Gasteiger partial charge in [0, 0.05) is 19.4 Å². The van der Waals surface area contributed by atoms with E-state index in [4.69, 9.17) is 18.9 Å². The second-order valence-corrected chi connectivity index (χ2v) is 15.9. The molecular weight excluding hydrogens is 865 g/mol. The number of carboxylic acids is 1. The zero-order valence-corrected chi connectivity index (χ0v) is 37.8. The third-order valence-electron chi connectivity index (χ3n) is 10.9. The number of hydrogen-bond donors (Lipinski definition) is 5. The van der Waals surface area contributed by atoms with E-state index in [1.165, 1.54) is 0 Å². The molecule has 68 heavy (non-hydrogen) atoms. The predicted octanol–water partition coefficient (Wildman–Crippen LogP) is 7.92. The Morgan fingerprint density at radius 1 is 0.515 bits per heavy atom. The Labute approximate surface area is 396 Å². The van der Waals surface area contributed by atoms with Gasteiger partial charge in [0.2, 0.25) is 5.91 Å². The fraction of sp³-hybridized carbons (Fsp3) is 0.241. The molecule has 0 saturated heterocycles. The van der Waals surface area contributed by atoms with Crippen LogP contribution in [0.15, 0.2) is 164 Å². The molecule has 6 aromatic rings. The minimum atomic E-state index is -1.36. The number of amides is 3. The van der Waals surface area contributed by atoms with E-state index in [-0.39, 0.29) is 45.8 Å². The van der Waals surface area contributed by atoms with E-state index in [0.717, 1.165) is 27.8 Å². The average molecular weight is 921 g/mol. The number of carboxylic acid groups (broad SMARTS) is 1. The molecule has 0 bridgehead atoms. The van der Waals surface area contributed by atoms with Gasteiger partial charge in [0.1, 0.15) is 44.3 Å². The van der Waals surface area contributed by atoms with E-state index >= 15 is 0 Å². The van der Waals surface area contributed by atoms with Crippen LogP contribution in [0.5, 0.6) is 5.75 Å². The molecule has 0 aliphatic carbocycles. The fourth-order valence-corrected chi connectivity index (χ4v) is 7.21. The highest BCUT2D eigenvalue weighted by Crippen LogP contribution is 2.30. The maximum Gasteiger partial charge on any atom is 0.408 e. The Bertz CT molecular complexity index is 2550. The fourth-order valence-electron chi connectivity index (χ4n) is 7.21. The lowest BCUT2D eigenvalue weighted by Crippen LogP contribution is -2.50. The number of likely N-dealkylation sites (N-methyl/N-ethyl adjacent to an activating group) is 1. The lowest BCUT2D eigenvalue weighted by atomic mass is 9.96. The second-order valence-electron chi connectivity index (χ2n) is 15.9. The first kappa shape index (κ1) is 49.5. The summed E-state index contributed by atoms with van der Waals surface area (Å²) in [6.07, 6.45) is -0.692. The Morgan fingerprint density at radius 3 is 1.62 bits per heavy atom. The topological polar surface area (TPSA) is 191 Å². The first-order chi connectivity index (χ1) is 33.1. The highest BCUT2D eigenvalue weighted by atomic mass is 16.6. The molecular formula is C54H56N4O10. The van der Waals surface area contributed by atoms with Gasteiger partial charge in [0.15, 0.2) is 0 Å². The molecule has 14 nitrogen and oxygen atoms in total. The molecule has 6 aromatic carbocycles. The largest absolute Gasteiger partial charge is 0.489 e. The number of hydrogen-bond acceptors (Lipinski definition) is 10. The molecule has 0 aromatic heterocycles. The van der Waals surface area contributed by atoms with Gasteiger partial charge in [-0.05, 0) is 76.5 Å². The Morgan fingerprint density at radius 2 is 1.04 bits per heavy atom. The molecule has 352 valence electrons. The summed E-state index contributed by atoms with van der Waals surface area (Å²) < 4.78 is 22.6. The van der Waals surface area contributed by atoms with Crippen molar-refractivity contribution < 1.29 is 48.0 Å². The highest BCUT2D eigenvalue weighted by Gasteiger charge is 2.27. The predicted molar refractivity (Wildman–Crippen MR) is 256 cm³/mol. The van der Waals surface area contributed by atoms with Gasteiger partial charge < -0.3 is 45.3 Å². The van der Waals surface area contributed by atoms with E-state index in [2.05, 4.69) is 21.3 Å². The van der Waals surface area contributed by atoms with Crippen LogP contribution in [0, 0.1) is 0 Å². The number of nitrogens with one attached hydrogen (secondary N) is 4. The number of benzene rings is 6. The van der Waals surface area contributed by atoms with Gasteiger partial charge in [-0.2, -0.15) is 0 Å². The molecule has 0 saturated carbocycles. The summed E-state index contributed by atoms with van der Waals surface area (Å²) in [6, 6.07) is 46.9. The normalized spacial score (nSPS) is 12.1. The van der Waals surface area contributed by atoms with Crippen molar-refractivity contribution in [2.24, 2.45) is 0 Å². The van der Waals surface area contributed by atoms with E-state index in [0.29, 0.717) is 35.3 Å². The molecule has 0 aliphatic heterocycles. The zero-order chi connectivity index (χ0) is 47.9. The summed E-state index contributed by atoms with van der Waals surface area (Å²) in [4.78, 5) is 65.3. The molecule has 0 spiro atoms.